The average molecular weight is 281 g/mol. The lowest BCUT2D eigenvalue weighted by molar-refractivity contribution is -0.159. The molecule has 1 heterocycles. The zero-order chi connectivity index (χ0) is 14.9. The number of carbonyl (C=O) groups is 2. The quantitative estimate of drug-likeness (QED) is 0.747. The first-order valence-corrected chi connectivity index (χ1v) is 7.79. The zero-order valence-electron chi connectivity index (χ0n) is 13.1. The van der Waals surface area contributed by atoms with Crippen molar-refractivity contribution < 1.29 is 14.3 Å². The Labute approximate surface area is 121 Å². The smallest absolute Gasteiger partial charge is 0.310 e. The van der Waals surface area contributed by atoms with Crippen LogP contribution in [-0.4, -0.2) is 37.0 Å². The van der Waals surface area contributed by atoms with Crippen molar-refractivity contribution >= 4 is 11.9 Å². The molecule has 0 bridgehead atoms. The predicted molar refractivity (Wildman–Crippen MR) is 77.0 cm³/mol. The number of carbonyl (C=O) groups excluding carboxylic acids is 2. The maximum Gasteiger partial charge on any atom is 0.310 e. The van der Waals surface area contributed by atoms with E-state index >= 15 is 0 Å². The molecule has 114 valence electrons. The summed E-state index contributed by atoms with van der Waals surface area (Å²) in [6.45, 7) is 7.92. The topological polar surface area (TPSA) is 46.6 Å². The lowest BCUT2D eigenvalue weighted by Gasteiger charge is -2.35. The number of nitrogens with zero attached hydrogens (tertiary/aromatic N) is 1. The van der Waals surface area contributed by atoms with Crippen molar-refractivity contribution in [1.29, 1.82) is 0 Å². The molecule has 0 N–H and O–H groups in total. The van der Waals surface area contributed by atoms with Crippen molar-refractivity contribution in [2.75, 3.05) is 20.2 Å². The van der Waals surface area contributed by atoms with Crippen molar-refractivity contribution in [1.82, 2.24) is 4.90 Å². The van der Waals surface area contributed by atoms with Gasteiger partial charge in [-0.2, -0.15) is 0 Å². The number of hydrogen-bond donors (Lipinski definition) is 0. The highest BCUT2D eigenvalue weighted by atomic mass is 16.5. The minimum Gasteiger partial charge on any atom is -0.469 e. The van der Waals surface area contributed by atoms with Gasteiger partial charge in [0.05, 0.1) is 18.4 Å². The molecule has 0 spiro atoms. The van der Waals surface area contributed by atoms with E-state index in [-0.39, 0.29) is 23.7 Å². The molecule has 4 nitrogen and oxygen atoms in total. The van der Waals surface area contributed by atoms with E-state index in [2.05, 4.69) is 13.8 Å². The van der Waals surface area contributed by atoms with Crippen LogP contribution in [0.15, 0.2) is 0 Å². The highest BCUT2D eigenvalue weighted by Gasteiger charge is 2.56. The Bertz CT molecular complexity index is 387. The SMILES string of the molecule is COC(=O)[C@@H]1[C@H](C(C)C)CC[C@]1(C)C(=O)N1CCCC1. The summed E-state index contributed by atoms with van der Waals surface area (Å²) < 4.78 is 5.01. The van der Waals surface area contributed by atoms with E-state index in [1.165, 1.54) is 7.11 Å². The maximum atomic E-state index is 12.9. The molecule has 20 heavy (non-hydrogen) atoms. The fourth-order valence-electron chi connectivity index (χ4n) is 4.06. The standard InChI is InChI=1S/C16H27NO3/c1-11(2)12-7-8-16(3,13(12)14(18)20-4)15(19)17-9-5-6-10-17/h11-13H,5-10H2,1-4H3/t12-,13-,16-/m0/s1. The largest absolute Gasteiger partial charge is 0.469 e. The third-order valence-corrected chi connectivity index (χ3v) is 5.30. The number of amides is 1. The summed E-state index contributed by atoms with van der Waals surface area (Å²) in [7, 11) is 1.43. The van der Waals surface area contributed by atoms with Gasteiger partial charge in [-0.15, -0.1) is 0 Å². The van der Waals surface area contributed by atoms with E-state index in [0.717, 1.165) is 38.8 Å². The Morgan fingerprint density at radius 3 is 2.35 bits per heavy atom. The third-order valence-electron chi connectivity index (χ3n) is 5.30. The zero-order valence-corrected chi connectivity index (χ0v) is 13.1. The van der Waals surface area contributed by atoms with Crippen LogP contribution in [0.3, 0.4) is 0 Å². The highest BCUT2D eigenvalue weighted by molar-refractivity contribution is 5.89. The van der Waals surface area contributed by atoms with Crippen LogP contribution < -0.4 is 0 Å². The van der Waals surface area contributed by atoms with Gasteiger partial charge >= 0.3 is 5.97 Å². The van der Waals surface area contributed by atoms with Gasteiger partial charge in [-0.05, 0) is 44.4 Å². The summed E-state index contributed by atoms with van der Waals surface area (Å²) >= 11 is 0. The maximum absolute atomic E-state index is 12.9. The van der Waals surface area contributed by atoms with Gasteiger partial charge in [0.15, 0.2) is 0 Å². The molecule has 0 unspecified atom stereocenters. The molecule has 1 aliphatic heterocycles. The van der Waals surface area contributed by atoms with Crippen molar-refractivity contribution in [3.8, 4) is 0 Å². The average Bonchev–Trinajstić information content (AvgIpc) is 3.05. The monoisotopic (exact) mass is 281 g/mol. The second-order valence-electron chi connectivity index (χ2n) is 6.86. The molecular weight excluding hydrogens is 254 g/mol. The molecule has 4 heteroatoms. The summed E-state index contributed by atoms with van der Waals surface area (Å²) in [6, 6.07) is 0. The predicted octanol–water partition coefficient (Wildman–Crippen LogP) is 2.47. The van der Waals surface area contributed by atoms with E-state index in [0.29, 0.717) is 5.92 Å². The molecule has 2 aliphatic rings. The van der Waals surface area contributed by atoms with Crippen LogP contribution >= 0.6 is 0 Å². The Morgan fingerprint density at radius 2 is 1.85 bits per heavy atom. The first-order valence-electron chi connectivity index (χ1n) is 7.79. The van der Waals surface area contributed by atoms with Gasteiger partial charge in [-0.1, -0.05) is 13.8 Å². The number of methoxy groups -OCH3 is 1. The summed E-state index contributed by atoms with van der Waals surface area (Å²) in [5.74, 6) is 0.303. The van der Waals surface area contributed by atoms with Crippen molar-refractivity contribution in [3.63, 3.8) is 0 Å². The van der Waals surface area contributed by atoms with Crippen LogP contribution in [0.25, 0.3) is 0 Å². The van der Waals surface area contributed by atoms with E-state index in [1.54, 1.807) is 0 Å². The van der Waals surface area contributed by atoms with Crippen LogP contribution in [0, 0.1) is 23.2 Å². The van der Waals surface area contributed by atoms with Crippen LogP contribution in [0.2, 0.25) is 0 Å². The van der Waals surface area contributed by atoms with Crippen molar-refractivity contribution in [2.45, 2.75) is 46.5 Å². The molecule has 1 saturated heterocycles. The lowest BCUT2D eigenvalue weighted by Crippen LogP contribution is -2.47. The molecule has 0 aromatic rings. The molecule has 2 fully saturated rings. The summed E-state index contributed by atoms with van der Waals surface area (Å²) in [6.07, 6.45) is 3.90. The van der Waals surface area contributed by atoms with E-state index < -0.39 is 5.41 Å². The normalized spacial score (nSPS) is 33.8. The number of likely N-dealkylation sites (tertiary alicyclic amines) is 1. The molecule has 0 aromatic heterocycles. The Morgan fingerprint density at radius 1 is 1.25 bits per heavy atom. The van der Waals surface area contributed by atoms with Gasteiger partial charge in [0.1, 0.15) is 0 Å². The fraction of sp³-hybridized carbons (Fsp3) is 0.875. The molecule has 2 rings (SSSR count). The molecule has 3 atom stereocenters. The van der Waals surface area contributed by atoms with Crippen LogP contribution in [0.4, 0.5) is 0 Å². The van der Waals surface area contributed by atoms with Gasteiger partial charge in [-0.25, -0.2) is 0 Å². The molecule has 0 radical (unpaired) electrons. The summed E-state index contributed by atoms with van der Waals surface area (Å²) in [4.78, 5) is 27.1. The third kappa shape index (κ3) is 2.45. The summed E-state index contributed by atoms with van der Waals surface area (Å²) in [5.41, 5.74) is -0.577. The van der Waals surface area contributed by atoms with Crippen LogP contribution in [0.1, 0.15) is 46.5 Å². The first kappa shape index (κ1) is 15.3. The number of esters is 1. The number of rotatable bonds is 3. The van der Waals surface area contributed by atoms with E-state index in [1.807, 2.05) is 11.8 Å². The molecular formula is C16H27NO3. The molecule has 1 saturated carbocycles. The number of ether oxygens (including phenoxy) is 1. The first-order chi connectivity index (χ1) is 9.41. The van der Waals surface area contributed by atoms with Gasteiger partial charge in [-0.3, -0.25) is 9.59 Å². The summed E-state index contributed by atoms with van der Waals surface area (Å²) in [5, 5.41) is 0. The second-order valence-corrected chi connectivity index (χ2v) is 6.86. The lowest BCUT2D eigenvalue weighted by atomic mass is 9.73. The van der Waals surface area contributed by atoms with Crippen LogP contribution in [0.5, 0.6) is 0 Å². The van der Waals surface area contributed by atoms with Gasteiger partial charge in [0.2, 0.25) is 5.91 Å². The van der Waals surface area contributed by atoms with Gasteiger partial charge < -0.3 is 9.64 Å². The minimum absolute atomic E-state index is 0.161. The van der Waals surface area contributed by atoms with Crippen molar-refractivity contribution in [2.24, 2.45) is 23.2 Å². The second kappa shape index (κ2) is 5.74. The molecule has 0 aromatic carbocycles. The highest BCUT2D eigenvalue weighted by Crippen LogP contribution is 2.51. The minimum atomic E-state index is -0.577. The fourth-order valence-corrected chi connectivity index (χ4v) is 4.06. The Balaban J connectivity index is 2.27. The Hall–Kier alpha value is -1.06. The Kier molecular flexibility index (Phi) is 4.40. The van der Waals surface area contributed by atoms with Crippen LogP contribution in [-0.2, 0) is 14.3 Å². The van der Waals surface area contributed by atoms with E-state index in [4.69, 9.17) is 4.74 Å². The van der Waals surface area contributed by atoms with Gasteiger partial charge in [0, 0.05) is 13.1 Å². The van der Waals surface area contributed by atoms with Gasteiger partial charge in [0.25, 0.3) is 0 Å². The van der Waals surface area contributed by atoms with Crippen molar-refractivity contribution in [3.05, 3.63) is 0 Å². The van der Waals surface area contributed by atoms with E-state index in [9.17, 15) is 9.59 Å². The molecule has 1 aliphatic carbocycles. The number of hydrogen-bond acceptors (Lipinski definition) is 3. The molecule has 1 amide bonds.